The molecule has 2 heteroatoms. The molecule has 1 rings (SSSR count). The minimum absolute atomic E-state index is 0.274. The van der Waals surface area contributed by atoms with Crippen molar-refractivity contribution >= 4 is 17.5 Å². The zero-order valence-electron chi connectivity index (χ0n) is 6.10. The van der Waals surface area contributed by atoms with Gasteiger partial charge >= 0.3 is 0 Å². The van der Waals surface area contributed by atoms with Crippen molar-refractivity contribution in [2.75, 3.05) is 6.26 Å². The van der Waals surface area contributed by atoms with Crippen LogP contribution in [0.25, 0.3) is 0 Å². The Morgan fingerprint density at radius 1 is 1.67 bits per heavy atom. The highest BCUT2D eigenvalue weighted by atomic mass is 32.2. The molecule has 0 aromatic heterocycles. The molecule has 1 nitrogen and oxygen atoms in total. The van der Waals surface area contributed by atoms with Crippen LogP contribution in [0.1, 0.15) is 20.3 Å². The van der Waals surface area contributed by atoms with E-state index in [1.807, 2.05) is 6.26 Å². The van der Waals surface area contributed by atoms with Crippen molar-refractivity contribution < 1.29 is 4.79 Å². The summed E-state index contributed by atoms with van der Waals surface area (Å²) in [5.74, 6) is 0.424. The molecular formula is C7H12OS. The summed E-state index contributed by atoms with van der Waals surface area (Å²) in [7, 11) is 0. The Morgan fingerprint density at radius 2 is 2.22 bits per heavy atom. The minimum atomic E-state index is 0.274. The van der Waals surface area contributed by atoms with Crippen LogP contribution in [-0.2, 0) is 4.79 Å². The molecule has 1 fully saturated rings. The summed E-state index contributed by atoms with van der Waals surface area (Å²) in [6.45, 7) is 4.30. The van der Waals surface area contributed by atoms with Gasteiger partial charge in [-0.1, -0.05) is 13.8 Å². The molecule has 0 amide bonds. The molecule has 1 unspecified atom stereocenters. The van der Waals surface area contributed by atoms with Crippen molar-refractivity contribution in [3.05, 3.63) is 0 Å². The number of ketones is 1. The summed E-state index contributed by atoms with van der Waals surface area (Å²) >= 11 is 1.68. The van der Waals surface area contributed by atoms with Gasteiger partial charge in [-0.2, -0.15) is 11.8 Å². The van der Waals surface area contributed by atoms with Gasteiger partial charge in [0.15, 0.2) is 0 Å². The zero-order valence-corrected chi connectivity index (χ0v) is 6.92. The summed E-state index contributed by atoms with van der Waals surface area (Å²) < 4.78 is 0. The largest absolute Gasteiger partial charge is 0.298 e. The lowest BCUT2D eigenvalue weighted by atomic mass is 9.70. The maximum atomic E-state index is 10.9. The number of hydrogen-bond acceptors (Lipinski definition) is 2. The third-order valence-corrected chi connectivity index (χ3v) is 3.24. The van der Waals surface area contributed by atoms with Gasteiger partial charge in [0, 0.05) is 6.42 Å². The van der Waals surface area contributed by atoms with Gasteiger partial charge in [0.25, 0.3) is 0 Å². The Morgan fingerprint density at radius 3 is 2.33 bits per heavy atom. The third kappa shape index (κ3) is 1.00. The molecule has 52 valence electrons. The van der Waals surface area contributed by atoms with Crippen molar-refractivity contribution in [2.45, 2.75) is 25.5 Å². The fourth-order valence-electron chi connectivity index (χ4n) is 1.39. The quantitative estimate of drug-likeness (QED) is 0.557. The summed E-state index contributed by atoms with van der Waals surface area (Å²) in [6.07, 6.45) is 2.78. The number of rotatable bonds is 1. The first-order chi connectivity index (χ1) is 4.08. The Labute approximate surface area is 60.2 Å². The van der Waals surface area contributed by atoms with Crippen LogP contribution in [0, 0.1) is 5.41 Å². The first kappa shape index (κ1) is 7.13. The smallest absolute Gasteiger partial charge is 0.146 e. The Hall–Kier alpha value is 0.0200. The van der Waals surface area contributed by atoms with Crippen molar-refractivity contribution in [1.29, 1.82) is 0 Å². The lowest BCUT2D eigenvalue weighted by Crippen LogP contribution is -2.46. The van der Waals surface area contributed by atoms with E-state index in [9.17, 15) is 4.79 Å². The number of carbonyl (C=O) groups is 1. The third-order valence-electron chi connectivity index (χ3n) is 1.87. The fourth-order valence-corrected chi connectivity index (χ4v) is 2.46. The molecule has 0 aliphatic heterocycles. The van der Waals surface area contributed by atoms with Gasteiger partial charge in [0.2, 0.25) is 0 Å². The van der Waals surface area contributed by atoms with Gasteiger partial charge in [-0.3, -0.25) is 4.79 Å². The van der Waals surface area contributed by atoms with E-state index in [0.717, 1.165) is 6.42 Å². The number of carbonyl (C=O) groups excluding carboxylic acids is 1. The van der Waals surface area contributed by atoms with Crippen LogP contribution in [0.5, 0.6) is 0 Å². The maximum Gasteiger partial charge on any atom is 0.146 e. The van der Waals surface area contributed by atoms with E-state index in [1.54, 1.807) is 11.8 Å². The average Bonchev–Trinajstić information content (AvgIpc) is 1.63. The zero-order chi connectivity index (χ0) is 7.07. The molecule has 0 aromatic rings. The second-order valence-electron chi connectivity index (χ2n) is 3.25. The molecular weight excluding hydrogens is 132 g/mol. The van der Waals surface area contributed by atoms with Gasteiger partial charge in [0.1, 0.15) is 5.78 Å². The van der Waals surface area contributed by atoms with Gasteiger partial charge in [-0.05, 0) is 11.7 Å². The summed E-state index contributed by atoms with van der Waals surface area (Å²) in [5.41, 5.74) is 0.274. The topological polar surface area (TPSA) is 17.1 Å². The van der Waals surface area contributed by atoms with Crippen LogP contribution < -0.4 is 0 Å². The van der Waals surface area contributed by atoms with Crippen LogP contribution >= 0.6 is 11.8 Å². The molecule has 0 aromatic carbocycles. The van der Waals surface area contributed by atoms with E-state index in [0.29, 0.717) is 5.78 Å². The maximum absolute atomic E-state index is 10.9. The van der Waals surface area contributed by atoms with E-state index in [1.165, 1.54) is 0 Å². The molecule has 0 bridgehead atoms. The second kappa shape index (κ2) is 2.01. The normalized spacial score (nSPS) is 31.9. The molecule has 1 saturated carbocycles. The van der Waals surface area contributed by atoms with Gasteiger partial charge in [0.05, 0.1) is 5.25 Å². The highest BCUT2D eigenvalue weighted by Gasteiger charge is 2.45. The highest BCUT2D eigenvalue weighted by molar-refractivity contribution is 8.00. The van der Waals surface area contributed by atoms with Crippen LogP contribution in [0.3, 0.4) is 0 Å². The van der Waals surface area contributed by atoms with Crippen LogP contribution in [0.2, 0.25) is 0 Å². The fraction of sp³-hybridized carbons (Fsp3) is 0.857. The SMILES string of the molecule is CSC1C(=O)CC1(C)C. The van der Waals surface area contributed by atoms with Crippen LogP contribution in [-0.4, -0.2) is 17.3 Å². The van der Waals surface area contributed by atoms with Crippen molar-refractivity contribution in [3.63, 3.8) is 0 Å². The Balaban J connectivity index is 2.58. The molecule has 0 spiro atoms. The number of thioether (sulfide) groups is 1. The summed E-state index contributed by atoms with van der Waals surface area (Å²) in [4.78, 5) is 10.9. The van der Waals surface area contributed by atoms with Crippen molar-refractivity contribution in [1.82, 2.24) is 0 Å². The summed E-state index contributed by atoms with van der Waals surface area (Å²) in [5, 5.41) is 0.275. The predicted molar refractivity (Wildman–Crippen MR) is 40.7 cm³/mol. The molecule has 1 aliphatic carbocycles. The van der Waals surface area contributed by atoms with E-state index in [-0.39, 0.29) is 10.7 Å². The predicted octanol–water partition coefficient (Wildman–Crippen LogP) is 1.72. The number of Topliss-reactive ketones (excluding diaryl/α,β-unsaturated/α-hetero) is 1. The second-order valence-corrected chi connectivity index (χ2v) is 4.19. The molecule has 1 atom stereocenters. The highest BCUT2D eigenvalue weighted by Crippen LogP contribution is 2.43. The van der Waals surface area contributed by atoms with Crippen molar-refractivity contribution in [3.8, 4) is 0 Å². The lowest BCUT2D eigenvalue weighted by Gasteiger charge is -2.41. The molecule has 0 saturated heterocycles. The Bertz CT molecular complexity index is 140. The number of hydrogen-bond donors (Lipinski definition) is 0. The van der Waals surface area contributed by atoms with Gasteiger partial charge in [-0.15, -0.1) is 0 Å². The molecule has 0 heterocycles. The average molecular weight is 144 g/mol. The molecule has 0 N–H and O–H groups in total. The molecule has 9 heavy (non-hydrogen) atoms. The minimum Gasteiger partial charge on any atom is -0.298 e. The lowest BCUT2D eigenvalue weighted by molar-refractivity contribution is -0.129. The standard InChI is InChI=1S/C7H12OS/c1-7(2)4-5(8)6(7)9-3/h6H,4H2,1-3H3. The summed E-state index contributed by atoms with van der Waals surface area (Å²) in [6, 6.07) is 0. The first-order valence-corrected chi connectivity index (χ1v) is 4.42. The van der Waals surface area contributed by atoms with E-state index >= 15 is 0 Å². The van der Waals surface area contributed by atoms with Crippen LogP contribution in [0.15, 0.2) is 0 Å². The van der Waals surface area contributed by atoms with Gasteiger partial charge < -0.3 is 0 Å². The molecule has 1 aliphatic rings. The first-order valence-electron chi connectivity index (χ1n) is 3.13. The van der Waals surface area contributed by atoms with E-state index in [2.05, 4.69) is 13.8 Å². The Kier molecular flexibility index (Phi) is 1.59. The van der Waals surface area contributed by atoms with Crippen LogP contribution in [0.4, 0.5) is 0 Å². The molecule has 0 radical (unpaired) electrons. The van der Waals surface area contributed by atoms with Gasteiger partial charge in [-0.25, -0.2) is 0 Å². The van der Waals surface area contributed by atoms with E-state index in [4.69, 9.17) is 0 Å². The monoisotopic (exact) mass is 144 g/mol. The van der Waals surface area contributed by atoms with Crippen molar-refractivity contribution in [2.24, 2.45) is 5.41 Å². The van der Waals surface area contributed by atoms with E-state index < -0.39 is 0 Å².